The third-order valence-corrected chi connectivity index (χ3v) is 5.26. The molecule has 29 heavy (non-hydrogen) atoms. The lowest BCUT2D eigenvalue weighted by Gasteiger charge is -2.12. The van der Waals surface area contributed by atoms with Gasteiger partial charge >= 0.3 is 11.9 Å². The van der Waals surface area contributed by atoms with E-state index in [-0.39, 0.29) is 24.8 Å². The first kappa shape index (κ1) is 22.9. The van der Waals surface area contributed by atoms with E-state index in [9.17, 15) is 14.4 Å². The molecule has 2 N–H and O–H groups in total. The van der Waals surface area contributed by atoms with Crippen LogP contribution in [0.4, 0.5) is 0 Å². The molecule has 2 rings (SSSR count). The molecule has 1 unspecified atom stereocenters. The van der Waals surface area contributed by atoms with Crippen molar-refractivity contribution in [3.63, 3.8) is 0 Å². The SMILES string of the molecule is CCOC(=O)COc1c(I)cc(C=NN=C2NC(=O)C(CC(=O)O)S2)cc1OC. The van der Waals surface area contributed by atoms with Gasteiger partial charge in [0.25, 0.3) is 0 Å². The molecular formula is C17H18IN3O7S. The van der Waals surface area contributed by atoms with Crippen LogP contribution in [0.15, 0.2) is 22.3 Å². The van der Waals surface area contributed by atoms with E-state index in [1.807, 2.05) is 22.6 Å². The molecule has 0 aromatic heterocycles. The number of aliphatic carboxylic acids is 1. The van der Waals surface area contributed by atoms with Crippen molar-refractivity contribution in [1.82, 2.24) is 5.32 Å². The van der Waals surface area contributed by atoms with Gasteiger partial charge in [-0.3, -0.25) is 9.59 Å². The van der Waals surface area contributed by atoms with Gasteiger partial charge in [0.1, 0.15) is 5.25 Å². The lowest BCUT2D eigenvalue weighted by molar-refractivity contribution is -0.145. The molecule has 156 valence electrons. The minimum Gasteiger partial charge on any atom is -0.493 e. The normalized spacial score (nSPS) is 17.4. The molecule has 1 aromatic carbocycles. The van der Waals surface area contributed by atoms with Gasteiger partial charge in [0.2, 0.25) is 5.91 Å². The molecule has 1 aliphatic heterocycles. The Morgan fingerprint density at radius 3 is 2.83 bits per heavy atom. The van der Waals surface area contributed by atoms with Gasteiger partial charge in [0.05, 0.1) is 29.9 Å². The molecule has 10 nitrogen and oxygen atoms in total. The molecule has 1 fully saturated rings. The smallest absolute Gasteiger partial charge is 0.344 e. The first-order chi connectivity index (χ1) is 13.8. The maximum atomic E-state index is 11.7. The third-order valence-electron chi connectivity index (χ3n) is 3.38. The average molecular weight is 535 g/mol. The number of thioether (sulfide) groups is 1. The van der Waals surface area contributed by atoms with Crippen molar-refractivity contribution in [3.8, 4) is 11.5 Å². The van der Waals surface area contributed by atoms with E-state index in [2.05, 4.69) is 15.5 Å². The number of methoxy groups -OCH3 is 1. The number of amidine groups is 1. The van der Waals surface area contributed by atoms with Crippen LogP contribution in [-0.2, 0) is 19.1 Å². The lowest BCUT2D eigenvalue weighted by Crippen LogP contribution is -2.26. The highest BCUT2D eigenvalue weighted by atomic mass is 127. The summed E-state index contributed by atoms with van der Waals surface area (Å²) >= 11 is 3.05. The minimum atomic E-state index is -1.06. The summed E-state index contributed by atoms with van der Waals surface area (Å²) in [6, 6.07) is 3.40. The topological polar surface area (TPSA) is 136 Å². The molecule has 0 saturated carbocycles. The van der Waals surface area contributed by atoms with Crippen molar-refractivity contribution in [1.29, 1.82) is 0 Å². The fourth-order valence-electron chi connectivity index (χ4n) is 2.18. The maximum absolute atomic E-state index is 11.7. The number of hydrogen-bond donors (Lipinski definition) is 2. The standard InChI is InChI=1S/C17H18IN3O7S/c1-3-27-14(24)8-28-15-10(18)4-9(5-11(15)26-2)7-19-21-17-20-16(25)12(29-17)6-13(22)23/h4-5,7,12H,3,6,8H2,1-2H3,(H,22,23)(H,20,21,25). The molecule has 0 bridgehead atoms. The van der Waals surface area contributed by atoms with E-state index >= 15 is 0 Å². The first-order valence-electron chi connectivity index (χ1n) is 8.30. The largest absolute Gasteiger partial charge is 0.493 e. The molecule has 0 aliphatic carbocycles. The highest BCUT2D eigenvalue weighted by Gasteiger charge is 2.32. The molecule has 0 spiro atoms. The van der Waals surface area contributed by atoms with Gasteiger partial charge in [0, 0.05) is 0 Å². The number of ether oxygens (including phenoxy) is 3. The van der Waals surface area contributed by atoms with E-state index in [1.54, 1.807) is 19.1 Å². The highest BCUT2D eigenvalue weighted by Crippen LogP contribution is 2.33. The number of nitrogens with zero attached hydrogens (tertiary/aromatic N) is 2. The number of benzene rings is 1. The third kappa shape index (κ3) is 6.88. The quantitative estimate of drug-likeness (QED) is 0.211. The molecule has 1 amide bonds. The molecule has 1 saturated heterocycles. The predicted molar refractivity (Wildman–Crippen MR) is 115 cm³/mol. The Hall–Kier alpha value is -2.35. The van der Waals surface area contributed by atoms with Crippen molar-refractivity contribution >= 4 is 63.6 Å². The Bertz CT molecular complexity index is 860. The van der Waals surface area contributed by atoms with Gasteiger partial charge in [-0.1, -0.05) is 11.8 Å². The number of carboxylic acid groups (broad SMARTS) is 1. The number of carbonyl (C=O) groups is 3. The summed E-state index contributed by atoms with van der Waals surface area (Å²) in [6.45, 7) is 1.74. The molecular weight excluding hydrogens is 517 g/mol. The number of hydrogen-bond acceptors (Lipinski definition) is 9. The minimum absolute atomic E-state index is 0.230. The molecule has 1 heterocycles. The molecule has 0 radical (unpaired) electrons. The van der Waals surface area contributed by atoms with Gasteiger partial charge in [-0.2, -0.15) is 5.10 Å². The summed E-state index contributed by atoms with van der Waals surface area (Å²) in [5.41, 5.74) is 0.649. The summed E-state index contributed by atoms with van der Waals surface area (Å²) < 4.78 is 16.3. The zero-order chi connectivity index (χ0) is 21.4. The van der Waals surface area contributed by atoms with Crippen LogP contribution in [0.25, 0.3) is 0 Å². The van der Waals surface area contributed by atoms with Crippen LogP contribution < -0.4 is 14.8 Å². The van der Waals surface area contributed by atoms with E-state index in [0.29, 0.717) is 20.6 Å². The summed E-state index contributed by atoms with van der Waals surface area (Å²) in [7, 11) is 1.47. The number of esters is 1. The van der Waals surface area contributed by atoms with Gasteiger partial charge in [-0.15, -0.1) is 5.10 Å². The van der Waals surface area contributed by atoms with Crippen molar-refractivity contribution in [2.75, 3.05) is 20.3 Å². The van der Waals surface area contributed by atoms with Gasteiger partial charge in [-0.05, 0) is 47.2 Å². The molecule has 12 heteroatoms. The Labute approximate surface area is 184 Å². The van der Waals surface area contributed by atoms with Gasteiger partial charge in [-0.25, -0.2) is 4.79 Å². The molecule has 1 aliphatic rings. The van der Waals surface area contributed by atoms with Gasteiger partial charge < -0.3 is 24.6 Å². The second-order valence-electron chi connectivity index (χ2n) is 5.47. The van der Waals surface area contributed by atoms with E-state index < -0.39 is 23.1 Å². The summed E-state index contributed by atoms with van der Waals surface area (Å²) in [4.78, 5) is 33.9. The van der Waals surface area contributed by atoms with Crippen LogP contribution in [0.5, 0.6) is 11.5 Å². The first-order valence-corrected chi connectivity index (χ1v) is 10.3. The number of halogens is 1. The second-order valence-corrected chi connectivity index (χ2v) is 7.82. The molecule has 1 atom stereocenters. The number of amides is 1. The Balaban J connectivity index is 2.07. The number of rotatable bonds is 9. The molecule has 1 aromatic rings. The fourth-order valence-corrected chi connectivity index (χ4v) is 3.88. The number of carbonyl (C=O) groups excluding carboxylic acids is 2. The van der Waals surface area contributed by atoms with Crippen LogP contribution >= 0.6 is 34.4 Å². The monoisotopic (exact) mass is 535 g/mol. The van der Waals surface area contributed by atoms with E-state index in [1.165, 1.54) is 13.3 Å². The van der Waals surface area contributed by atoms with E-state index in [0.717, 1.165) is 11.8 Å². The summed E-state index contributed by atoms with van der Waals surface area (Å²) in [6.07, 6.45) is 1.16. The number of nitrogens with one attached hydrogen (secondary N) is 1. The second kappa shape index (κ2) is 11.0. The Morgan fingerprint density at radius 1 is 1.41 bits per heavy atom. The van der Waals surface area contributed by atoms with Crippen LogP contribution in [0.1, 0.15) is 18.9 Å². The Kier molecular flexibility index (Phi) is 8.70. The zero-order valence-electron chi connectivity index (χ0n) is 15.5. The maximum Gasteiger partial charge on any atom is 0.344 e. The van der Waals surface area contributed by atoms with Crippen molar-refractivity contribution in [2.24, 2.45) is 10.2 Å². The van der Waals surface area contributed by atoms with E-state index in [4.69, 9.17) is 19.3 Å². The van der Waals surface area contributed by atoms with Crippen LogP contribution in [0.3, 0.4) is 0 Å². The number of carboxylic acids is 1. The van der Waals surface area contributed by atoms with Crippen LogP contribution in [0.2, 0.25) is 0 Å². The Morgan fingerprint density at radius 2 is 2.17 bits per heavy atom. The highest BCUT2D eigenvalue weighted by molar-refractivity contribution is 14.1. The fraction of sp³-hybridized carbons (Fsp3) is 0.353. The predicted octanol–water partition coefficient (Wildman–Crippen LogP) is 1.64. The van der Waals surface area contributed by atoms with Crippen LogP contribution in [-0.4, -0.2) is 59.9 Å². The van der Waals surface area contributed by atoms with Crippen molar-refractivity contribution in [2.45, 2.75) is 18.6 Å². The summed E-state index contributed by atoms with van der Waals surface area (Å²) in [5.74, 6) is -1.15. The zero-order valence-corrected chi connectivity index (χ0v) is 18.5. The summed E-state index contributed by atoms with van der Waals surface area (Å²) in [5, 5.41) is 18.6. The lowest BCUT2D eigenvalue weighted by atomic mass is 10.2. The van der Waals surface area contributed by atoms with Crippen molar-refractivity contribution in [3.05, 3.63) is 21.3 Å². The van der Waals surface area contributed by atoms with Gasteiger partial charge in [0.15, 0.2) is 23.3 Å². The average Bonchev–Trinajstić information content (AvgIpc) is 2.99. The van der Waals surface area contributed by atoms with Crippen LogP contribution in [0, 0.1) is 3.57 Å². The van der Waals surface area contributed by atoms with Crippen molar-refractivity contribution < 1.29 is 33.7 Å².